The standard InChI is InChI=1S/C16H26O/c1-10-11(2)15(13(4)17)14-8-6-7-9-16(14,5)12(10)3/h8,10-12,15H,6-7,9H2,1-5H3. The van der Waals surface area contributed by atoms with Gasteiger partial charge in [0.15, 0.2) is 0 Å². The molecule has 0 amide bonds. The molecule has 96 valence electrons. The fourth-order valence-electron chi connectivity index (χ4n) is 4.29. The van der Waals surface area contributed by atoms with Crippen LogP contribution in [-0.2, 0) is 4.79 Å². The molecule has 0 heterocycles. The summed E-state index contributed by atoms with van der Waals surface area (Å²) in [6.45, 7) is 11.2. The van der Waals surface area contributed by atoms with E-state index in [0.717, 1.165) is 0 Å². The number of allylic oxidation sites excluding steroid dienone is 2. The minimum Gasteiger partial charge on any atom is -0.299 e. The predicted octanol–water partition coefficient (Wildman–Crippen LogP) is 4.23. The van der Waals surface area contributed by atoms with E-state index in [2.05, 4.69) is 33.8 Å². The molecule has 0 aromatic rings. The monoisotopic (exact) mass is 234 g/mol. The van der Waals surface area contributed by atoms with Crippen LogP contribution in [0.4, 0.5) is 0 Å². The van der Waals surface area contributed by atoms with E-state index in [4.69, 9.17) is 0 Å². The van der Waals surface area contributed by atoms with Crippen LogP contribution in [0.2, 0.25) is 0 Å². The SMILES string of the molecule is CC(=O)C1C2=CCCCC2(C)C(C)C(C)C1C. The third kappa shape index (κ3) is 1.78. The van der Waals surface area contributed by atoms with E-state index in [9.17, 15) is 4.79 Å². The van der Waals surface area contributed by atoms with Crippen molar-refractivity contribution in [1.82, 2.24) is 0 Å². The van der Waals surface area contributed by atoms with Crippen molar-refractivity contribution in [3.63, 3.8) is 0 Å². The van der Waals surface area contributed by atoms with Gasteiger partial charge in [0.2, 0.25) is 0 Å². The Morgan fingerprint density at radius 2 is 1.94 bits per heavy atom. The van der Waals surface area contributed by atoms with Crippen LogP contribution >= 0.6 is 0 Å². The van der Waals surface area contributed by atoms with Crippen LogP contribution in [0.3, 0.4) is 0 Å². The fourth-order valence-corrected chi connectivity index (χ4v) is 4.29. The summed E-state index contributed by atoms with van der Waals surface area (Å²) in [6.07, 6.45) is 6.11. The Hall–Kier alpha value is -0.590. The van der Waals surface area contributed by atoms with Gasteiger partial charge in [0.25, 0.3) is 0 Å². The smallest absolute Gasteiger partial charge is 0.137 e. The summed E-state index contributed by atoms with van der Waals surface area (Å²) in [4.78, 5) is 12.0. The van der Waals surface area contributed by atoms with E-state index in [0.29, 0.717) is 23.5 Å². The third-order valence-corrected chi connectivity index (χ3v) is 5.85. The average molecular weight is 234 g/mol. The van der Waals surface area contributed by atoms with E-state index in [1.165, 1.54) is 24.8 Å². The van der Waals surface area contributed by atoms with Gasteiger partial charge in [-0.3, -0.25) is 4.79 Å². The Morgan fingerprint density at radius 3 is 2.53 bits per heavy atom. The average Bonchev–Trinajstić information content (AvgIpc) is 2.28. The van der Waals surface area contributed by atoms with Crippen LogP contribution in [0.5, 0.6) is 0 Å². The maximum Gasteiger partial charge on any atom is 0.137 e. The zero-order chi connectivity index (χ0) is 12.8. The quantitative estimate of drug-likeness (QED) is 0.620. The molecule has 0 aromatic heterocycles. The van der Waals surface area contributed by atoms with Gasteiger partial charge in [0.1, 0.15) is 5.78 Å². The zero-order valence-electron chi connectivity index (χ0n) is 11.9. The van der Waals surface area contributed by atoms with E-state index in [1.54, 1.807) is 6.92 Å². The Labute approximate surface area is 106 Å². The molecular formula is C16H26O. The van der Waals surface area contributed by atoms with Gasteiger partial charge in [0.05, 0.1) is 0 Å². The predicted molar refractivity (Wildman–Crippen MR) is 71.7 cm³/mol. The first kappa shape index (κ1) is 12.9. The Balaban J connectivity index is 2.48. The van der Waals surface area contributed by atoms with E-state index in [1.807, 2.05) is 0 Å². The van der Waals surface area contributed by atoms with Gasteiger partial charge < -0.3 is 0 Å². The number of ketones is 1. The molecule has 2 aliphatic carbocycles. The minimum absolute atomic E-state index is 0.187. The molecule has 5 atom stereocenters. The summed E-state index contributed by atoms with van der Waals surface area (Å²) in [5.74, 6) is 2.39. The second kappa shape index (κ2) is 4.26. The first-order valence-corrected chi connectivity index (χ1v) is 7.10. The highest BCUT2D eigenvalue weighted by Crippen LogP contribution is 2.56. The van der Waals surface area contributed by atoms with Crippen molar-refractivity contribution in [1.29, 1.82) is 0 Å². The lowest BCUT2D eigenvalue weighted by Gasteiger charge is -2.53. The first-order valence-electron chi connectivity index (χ1n) is 7.10. The number of rotatable bonds is 1. The lowest BCUT2D eigenvalue weighted by Crippen LogP contribution is -2.48. The molecule has 1 nitrogen and oxygen atoms in total. The Bertz CT molecular complexity index is 355. The van der Waals surface area contributed by atoms with Gasteiger partial charge in [-0.2, -0.15) is 0 Å². The molecular weight excluding hydrogens is 208 g/mol. The highest BCUT2D eigenvalue weighted by Gasteiger charge is 2.50. The Morgan fingerprint density at radius 1 is 1.29 bits per heavy atom. The molecule has 1 fully saturated rings. The molecule has 0 aliphatic heterocycles. The molecule has 2 aliphatic rings. The number of hydrogen-bond acceptors (Lipinski definition) is 1. The normalized spacial score (nSPS) is 46.1. The molecule has 0 bridgehead atoms. The molecule has 1 heteroatoms. The van der Waals surface area contributed by atoms with E-state index < -0.39 is 0 Å². The topological polar surface area (TPSA) is 17.1 Å². The molecule has 0 N–H and O–H groups in total. The van der Waals surface area contributed by atoms with Crippen LogP contribution in [0.15, 0.2) is 11.6 Å². The summed E-state index contributed by atoms with van der Waals surface area (Å²) < 4.78 is 0. The number of fused-ring (bicyclic) bond motifs is 1. The highest BCUT2D eigenvalue weighted by atomic mass is 16.1. The summed E-state index contributed by atoms with van der Waals surface area (Å²) >= 11 is 0. The second-order valence-corrected chi connectivity index (χ2v) is 6.56. The molecule has 0 aromatic carbocycles. The maximum atomic E-state index is 12.0. The van der Waals surface area contributed by atoms with Crippen LogP contribution in [-0.4, -0.2) is 5.78 Å². The first-order chi connectivity index (χ1) is 7.89. The highest BCUT2D eigenvalue weighted by molar-refractivity contribution is 5.82. The lowest BCUT2D eigenvalue weighted by molar-refractivity contribution is -0.124. The summed E-state index contributed by atoms with van der Waals surface area (Å²) in [5.41, 5.74) is 1.75. The van der Waals surface area contributed by atoms with Crippen LogP contribution in [0.25, 0.3) is 0 Å². The van der Waals surface area contributed by atoms with Crippen molar-refractivity contribution in [3.05, 3.63) is 11.6 Å². The molecule has 0 radical (unpaired) electrons. The molecule has 0 saturated heterocycles. The van der Waals surface area contributed by atoms with Crippen LogP contribution < -0.4 is 0 Å². The van der Waals surface area contributed by atoms with Gasteiger partial charge in [0, 0.05) is 5.92 Å². The summed E-state index contributed by atoms with van der Waals surface area (Å²) in [7, 11) is 0. The fraction of sp³-hybridized carbons (Fsp3) is 0.812. The number of Topliss-reactive ketones (excluding diaryl/α,β-unsaturated/α-hetero) is 1. The van der Waals surface area contributed by atoms with Gasteiger partial charge >= 0.3 is 0 Å². The van der Waals surface area contributed by atoms with E-state index in [-0.39, 0.29) is 11.3 Å². The van der Waals surface area contributed by atoms with Crippen molar-refractivity contribution in [2.45, 2.75) is 53.9 Å². The van der Waals surface area contributed by atoms with Crippen molar-refractivity contribution in [2.75, 3.05) is 0 Å². The summed E-state index contributed by atoms with van der Waals surface area (Å²) in [6, 6.07) is 0. The van der Waals surface area contributed by atoms with Gasteiger partial charge in [-0.15, -0.1) is 0 Å². The third-order valence-electron chi connectivity index (χ3n) is 5.85. The van der Waals surface area contributed by atoms with Crippen molar-refractivity contribution < 1.29 is 4.79 Å². The van der Waals surface area contributed by atoms with Crippen molar-refractivity contribution in [2.24, 2.45) is 29.1 Å². The lowest BCUT2D eigenvalue weighted by atomic mass is 9.51. The van der Waals surface area contributed by atoms with E-state index >= 15 is 0 Å². The number of carbonyl (C=O) groups is 1. The van der Waals surface area contributed by atoms with Gasteiger partial charge in [-0.1, -0.05) is 39.3 Å². The van der Waals surface area contributed by atoms with Gasteiger partial charge in [-0.05, 0) is 49.4 Å². The Kier molecular flexibility index (Phi) is 3.22. The molecule has 1 saturated carbocycles. The largest absolute Gasteiger partial charge is 0.299 e. The summed E-state index contributed by atoms with van der Waals surface area (Å²) in [5, 5.41) is 0. The number of hydrogen-bond donors (Lipinski definition) is 0. The molecule has 5 unspecified atom stereocenters. The molecule has 2 rings (SSSR count). The van der Waals surface area contributed by atoms with Crippen molar-refractivity contribution in [3.8, 4) is 0 Å². The molecule has 17 heavy (non-hydrogen) atoms. The minimum atomic E-state index is 0.187. The maximum absolute atomic E-state index is 12.0. The van der Waals surface area contributed by atoms with Gasteiger partial charge in [-0.25, -0.2) is 0 Å². The number of carbonyl (C=O) groups excluding carboxylic acids is 1. The van der Waals surface area contributed by atoms with Crippen LogP contribution in [0.1, 0.15) is 53.9 Å². The van der Waals surface area contributed by atoms with Crippen molar-refractivity contribution >= 4 is 5.78 Å². The molecule has 0 spiro atoms. The van der Waals surface area contributed by atoms with Crippen LogP contribution in [0, 0.1) is 29.1 Å². The zero-order valence-corrected chi connectivity index (χ0v) is 11.9. The second-order valence-electron chi connectivity index (χ2n) is 6.56.